The number of anilines is 1. The van der Waals surface area contributed by atoms with Crippen molar-refractivity contribution < 1.29 is 24.6 Å². The van der Waals surface area contributed by atoms with Gasteiger partial charge >= 0.3 is 11.9 Å². The Labute approximate surface area is 191 Å². The molecule has 1 atom stereocenters. The summed E-state index contributed by atoms with van der Waals surface area (Å²) in [7, 11) is 0. The highest BCUT2D eigenvalue weighted by molar-refractivity contribution is 5.86. The van der Waals surface area contributed by atoms with E-state index in [1.807, 2.05) is 47.4 Å². The molecule has 2 heterocycles. The number of rotatable bonds is 10. The smallest absolute Gasteiger partial charge is 0.338 e. The van der Waals surface area contributed by atoms with Crippen molar-refractivity contribution in [1.82, 2.24) is 20.2 Å². The van der Waals surface area contributed by atoms with Crippen molar-refractivity contribution in [1.29, 1.82) is 0 Å². The van der Waals surface area contributed by atoms with E-state index in [0.717, 1.165) is 5.56 Å². The van der Waals surface area contributed by atoms with Gasteiger partial charge < -0.3 is 20.4 Å². The molecular weight excluding hydrogens is 426 g/mol. The van der Waals surface area contributed by atoms with E-state index in [-0.39, 0.29) is 30.4 Å². The van der Waals surface area contributed by atoms with Crippen molar-refractivity contribution in [2.24, 2.45) is 0 Å². The van der Waals surface area contributed by atoms with Crippen LogP contribution >= 0.6 is 0 Å². The number of hydrogen-bond acceptors (Lipinski definition) is 7. The number of carboxylic acids is 2. The van der Waals surface area contributed by atoms with Gasteiger partial charge in [-0.25, -0.2) is 14.8 Å². The molecule has 1 fully saturated rings. The van der Waals surface area contributed by atoms with Crippen molar-refractivity contribution in [2.75, 3.05) is 37.6 Å². The zero-order valence-corrected chi connectivity index (χ0v) is 18.1. The lowest BCUT2D eigenvalue weighted by Gasteiger charge is -2.36. The molecule has 1 aliphatic rings. The van der Waals surface area contributed by atoms with Crippen LogP contribution in [-0.4, -0.2) is 81.7 Å². The third-order valence-corrected chi connectivity index (χ3v) is 5.23. The van der Waals surface area contributed by atoms with Crippen LogP contribution in [0.2, 0.25) is 0 Å². The number of nitrogens with one attached hydrogen (secondary N) is 1. The molecule has 174 valence electrons. The first-order valence-electron chi connectivity index (χ1n) is 10.7. The molecule has 1 unspecified atom stereocenters. The van der Waals surface area contributed by atoms with Gasteiger partial charge in [0.05, 0.1) is 18.0 Å². The minimum atomic E-state index is -1.06. The minimum Gasteiger partial charge on any atom is -0.481 e. The molecule has 2 aromatic rings. The summed E-state index contributed by atoms with van der Waals surface area (Å²) in [6.07, 6.45) is 6.19. The molecule has 0 aliphatic carbocycles. The van der Waals surface area contributed by atoms with E-state index < -0.39 is 11.9 Å². The SMILES string of the molecule is O=C(O)CCC(=O)NC(/C=C/c1ccccc1)CN1CCN(c2ncc(C(=O)O)cn2)CC1. The molecule has 0 saturated carbocycles. The van der Waals surface area contributed by atoms with E-state index in [0.29, 0.717) is 38.7 Å². The molecule has 0 radical (unpaired) electrons. The highest BCUT2D eigenvalue weighted by atomic mass is 16.4. The molecule has 0 spiro atoms. The Morgan fingerprint density at radius 1 is 1.00 bits per heavy atom. The predicted molar refractivity (Wildman–Crippen MR) is 122 cm³/mol. The normalized spacial score (nSPS) is 15.3. The molecule has 1 saturated heterocycles. The van der Waals surface area contributed by atoms with Crippen LogP contribution in [0.3, 0.4) is 0 Å². The van der Waals surface area contributed by atoms with Crippen LogP contribution in [0.5, 0.6) is 0 Å². The van der Waals surface area contributed by atoms with Gasteiger partial charge in [0.1, 0.15) is 0 Å². The number of aromatic carboxylic acids is 1. The number of piperazine rings is 1. The molecule has 10 heteroatoms. The summed E-state index contributed by atoms with van der Waals surface area (Å²) in [6.45, 7) is 3.33. The maximum Gasteiger partial charge on any atom is 0.338 e. The Balaban J connectivity index is 1.58. The molecule has 3 rings (SSSR count). The van der Waals surface area contributed by atoms with Gasteiger partial charge in [-0.3, -0.25) is 14.5 Å². The van der Waals surface area contributed by atoms with Gasteiger partial charge in [0.25, 0.3) is 0 Å². The molecule has 1 amide bonds. The van der Waals surface area contributed by atoms with Crippen LogP contribution in [-0.2, 0) is 9.59 Å². The quantitative estimate of drug-likeness (QED) is 0.487. The zero-order valence-electron chi connectivity index (χ0n) is 18.1. The summed E-state index contributed by atoms with van der Waals surface area (Å²) in [6, 6.07) is 9.46. The Hall–Kier alpha value is -3.79. The fraction of sp³-hybridized carbons (Fsp3) is 0.348. The molecule has 33 heavy (non-hydrogen) atoms. The molecule has 1 aromatic carbocycles. The summed E-state index contributed by atoms with van der Waals surface area (Å²) < 4.78 is 0. The highest BCUT2D eigenvalue weighted by Gasteiger charge is 2.22. The van der Waals surface area contributed by atoms with Gasteiger partial charge in [0.15, 0.2) is 0 Å². The van der Waals surface area contributed by atoms with Crippen LogP contribution < -0.4 is 10.2 Å². The number of carbonyl (C=O) groups is 3. The first-order chi connectivity index (χ1) is 15.9. The maximum atomic E-state index is 12.2. The summed E-state index contributed by atoms with van der Waals surface area (Å²) in [5.41, 5.74) is 1.05. The van der Waals surface area contributed by atoms with Crippen LogP contribution in [0.15, 0.2) is 48.8 Å². The molecular formula is C23H27N5O5. The lowest BCUT2D eigenvalue weighted by atomic mass is 10.1. The molecule has 0 bridgehead atoms. The summed E-state index contributed by atoms with van der Waals surface area (Å²) in [4.78, 5) is 46.5. The van der Waals surface area contributed by atoms with Gasteiger partial charge in [-0.2, -0.15) is 0 Å². The summed E-state index contributed by atoms with van der Waals surface area (Å²) in [5, 5.41) is 20.7. The first-order valence-corrected chi connectivity index (χ1v) is 10.7. The van der Waals surface area contributed by atoms with Crippen molar-refractivity contribution in [3.8, 4) is 0 Å². The average Bonchev–Trinajstić information content (AvgIpc) is 2.82. The fourth-order valence-corrected chi connectivity index (χ4v) is 3.45. The topological polar surface area (TPSA) is 136 Å². The van der Waals surface area contributed by atoms with Crippen molar-refractivity contribution in [3.05, 3.63) is 59.9 Å². The lowest BCUT2D eigenvalue weighted by molar-refractivity contribution is -0.138. The third kappa shape index (κ3) is 7.69. The second-order valence-electron chi connectivity index (χ2n) is 7.70. The Bertz CT molecular complexity index is 972. The number of hydrogen-bond donors (Lipinski definition) is 3. The maximum absolute atomic E-state index is 12.2. The third-order valence-electron chi connectivity index (χ3n) is 5.23. The molecule has 3 N–H and O–H groups in total. The van der Waals surface area contributed by atoms with Crippen LogP contribution in [0.25, 0.3) is 6.08 Å². The largest absolute Gasteiger partial charge is 0.481 e. The summed E-state index contributed by atoms with van der Waals surface area (Å²) >= 11 is 0. The predicted octanol–water partition coefficient (Wildman–Crippen LogP) is 1.36. The van der Waals surface area contributed by atoms with Gasteiger partial charge in [-0.15, -0.1) is 0 Å². The van der Waals surface area contributed by atoms with E-state index in [2.05, 4.69) is 20.2 Å². The highest BCUT2D eigenvalue weighted by Crippen LogP contribution is 2.12. The van der Waals surface area contributed by atoms with E-state index in [1.54, 1.807) is 0 Å². The second-order valence-corrected chi connectivity index (χ2v) is 7.70. The van der Waals surface area contributed by atoms with Gasteiger partial charge in [-0.1, -0.05) is 42.5 Å². The Kier molecular flexibility index (Phi) is 8.48. The molecule has 1 aliphatic heterocycles. The average molecular weight is 453 g/mol. The number of aliphatic carboxylic acids is 1. The monoisotopic (exact) mass is 453 g/mol. The number of aromatic nitrogens is 2. The Morgan fingerprint density at radius 3 is 2.27 bits per heavy atom. The van der Waals surface area contributed by atoms with Gasteiger partial charge in [-0.05, 0) is 5.56 Å². The van der Waals surface area contributed by atoms with E-state index in [1.165, 1.54) is 12.4 Å². The van der Waals surface area contributed by atoms with Crippen molar-refractivity contribution in [2.45, 2.75) is 18.9 Å². The van der Waals surface area contributed by atoms with Crippen molar-refractivity contribution >= 4 is 29.9 Å². The standard InChI is InChI=1S/C23H27N5O5/c29-20(8-9-21(30)31)26-19(7-6-17-4-2-1-3-5-17)16-27-10-12-28(13-11-27)23-24-14-18(15-25-23)22(32)33/h1-7,14-15,19H,8-13,16H2,(H,26,29)(H,30,31)(H,32,33)/b7-6+. The number of carboxylic acid groups (broad SMARTS) is 2. The minimum absolute atomic E-state index is 0.0454. The molecule has 10 nitrogen and oxygen atoms in total. The Morgan fingerprint density at radius 2 is 1.67 bits per heavy atom. The van der Waals surface area contributed by atoms with Crippen LogP contribution in [0, 0.1) is 0 Å². The summed E-state index contributed by atoms with van der Waals surface area (Å²) in [5.74, 6) is -1.88. The van der Waals surface area contributed by atoms with E-state index in [9.17, 15) is 14.4 Å². The van der Waals surface area contributed by atoms with Gasteiger partial charge in [0, 0.05) is 51.5 Å². The van der Waals surface area contributed by atoms with E-state index in [4.69, 9.17) is 10.2 Å². The van der Waals surface area contributed by atoms with E-state index >= 15 is 0 Å². The van der Waals surface area contributed by atoms with Crippen molar-refractivity contribution in [3.63, 3.8) is 0 Å². The lowest BCUT2D eigenvalue weighted by Crippen LogP contribution is -2.51. The molecule has 1 aromatic heterocycles. The van der Waals surface area contributed by atoms with Crippen LogP contribution in [0.4, 0.5) is 5.95 Å². The first kappa shape index (κ1) is 23.9. The van der Waals surface area contributed by atoms with Gasteiger partial charge in [0.2, 0.25) is 11.9 Å². The second kappa shape index (κ2) is 11.7. The number of nitrogens with zero attached hydrogens (tertiary/aromatic N) is 4. The van der Waals surface area contributed by atoms with Crippen LogP contribution in [0.1, 0.15) is 28.8 Å². The number of benzene rings is 1. The number of amides is 1. The zero-order chi connectivity index (χ0) is 23.6. The fourth-order valence-electron chi connectivity index (χ4n) is 3.45. The number of carbonyl (C=O) groups excluding carboxylic acids is 1.